The lowest BCUT2D eigenvalue weighted by molar-refractivity contribution is -0.385. The molecular formula is C13H10ClF3N4O3. The number of amides is 1. The lowest BCUT2D eigenvalue weighted by atomic mass is 10.2. The zero-order valence-electron chi connectivity index (χ0n) is 12.0. The van der Waals surface area contributed by atoms with Crippen molar-refractivity contribution in [3.8, 4) is 0 Å². The summed E-state index contributed by atoms with van der Waals surface area (Å²) in [6.07, 6.45) is -2.59. The fraction of sp³-hybridized carbons (Fsp3) is 0.231. The third-order valence-electron chi connectivity index (χ3n) is 3.13. The topological polar surface area (TPSA) is 90.1 Å². The van der Waals surface area contributed by atoms with E-state index >= 15 is 0 Å². The summed E-state index contributed by atoms with van der Waals surface area (Å²) in [5.41, 5.74) is -1.50. The van der Waals surface area contributed by atoms with Crippen LogP contribution in [0.2, 0.25) is 5.02 Å². The number of rotatable bonds is 4. The number of nitro groups is 1. The van der Waals surface area contributed by atoms with Crippen LogP contribution < -0.4 is 5.32 Å². The van der Waals surface area contributed by atoms with Crippen LogP contribution in [-0.2, 0) is 11.0 Å². The van der Waals surface area contributed by atoms with Crippen LogP contribution in [0.15, 0.2) is 30.6 Å². The van der Waals surface area contributed by atoms with E-state index in [1.54, 1.807) is 0 Å². The van der Waals surface area contributed by atoms with Gasteiger partial charge in [0.05, 0.1) is 21.2 Å². The summed E-state index contributed by atoms with van der Waals surface area (Å²) in [6, 6.07) is 1.52. The second-order valence-corrected chi connectivity index (χ2v) is 5.20. The van der Waals surface area contributed by atoms with E-state index in [4.69, 9.17) is 11.6 Å². The van der Waals surface area contributed by atoms with Gasteiger partial charge in [-0.2, -0.15) is 18.3 Å². The number of alkyl halides is 3. The van der Waals surface area contributed by atoms with Crippen molar-refractivity contribution in [3.05, 3.63) is 51.3 Å². The molecule has 0 bridgehead atoms. The van der Waals surface area contributed by atoms with Crippen molar-refractivity contribution in [2.24, 2.45) is 0 Å². The maximum absolute atomic E-state index is 12.7. The van der Waals surface area contributed by atoms with Crippen LogP contribution >= 0.6 is 11.6 Å². The second kappa shape index (κ2) is 6.48. The molecule has 1 N–H and O–H groups in total. The number of aromatic nitrogens is 2. The number of benzene rings is 1. The van der Waals surface area contributed by atoms with Gasteiger partial charge in [0, 0.05) is 0 Å². The zero-order chi connectivity index (χ0) is 18.1. The Balaban J connectivity index is 2.20. The SMILES string of the molecule is CC(C(=O)Nc1cc(C(F)(F)F)ccc1Cl)n1cc([N+](=O)[O-])cn1. The molecule has 0 aliphatic heterocycles. The van der Waals surface area contributed by atoms with Crippen LogP contribution in [0.5, 0.6) is 0 Å². The van der Waals surface area contributed by atoms with Gasteiger partial charge in [0.2, 0.25) is 5.91 Å². The van der Waals surface area contributed by atoms with E-state index in [9.17, 15) is 28.1 Å². The Morgan fingerprint density at radius 1 is 1.46 bits per heavy atom. The summed E-state index contributed by atoms with van der Waals surface area (Å²) < 4.78 is 39.1. The molecule has 11 heteroatoms. The van der Waals surface area contributed by atoms with Crippen LogP contribution in [0.1, 0.15) is 18.5 Å². The van der Waals surface area contributed by atoms with Gasteiger partial charge < -0.3 is 5.32 Å². The fourth-order valence-electron chi connectivity index (χ4n) is 1.79. The molecule has 2 aromatic rings. The third-order valence-corrected chi connectivity index (χ3v) is 3.46. The van der Waals surface area contributed by atoms with E-state index in [1.165, 1.54) is 6.92 Å². The highest BCUT2D eigenvalue weighted by Crippen LogP contribution is 2.34. The first-order chi connectivity index (χ1) is 11.1. The molecule has 24 heavy (non-hydrogen) atoms. The van der Waals surface area contributed by atoms with Gasteiger partial charge in [-0.15, -0.1) is 0 Å². The highest BCUT2D eigenvalue weighted by molar-refractivity contribution is 6.33. The van der Waals surface area contributed by atoms with Crippen LogP contribution in [0.3, 0.4) is 0 Å². The van der Waals surface area contributed by atoms with Crippen molar-refractivity contribution in [2.45, 2.75) is 19.1 Å². The second-order valence-electron chi connectivity index (χ2n) is 4.79. The van der Waals surface area contributed by atoms with E-state index in [2.05, 4.69) is 10.4 Å². The monoisotopic (exact) mass is 362 g/mol. The summed E-state index contributed by atoms with van der Waals surface area (Å²) in [7, 11) is 0. The molecule has 0 saturated carbocycles. The minimum atomic E-state index is -4.59. The molecule has 0 spiro atoms. The van der Waals surface area contributed by atoms with E-state index in [0.717, 1.165) is 29.2 Å². The van der Waals surface area contributed by atoms with E-state index in [0.29, 0.717) is 6.07 Å². The summed E-state index contributed by atoms with van der Waals surface area (Å²) in [4.78, 5) is 22.0. The highest BCUT2D eigenvalue weighted by Gasteiger charge is 2.31. The number of hydrogen-bond acceptors (Lipinski definition) is 4. The first-order valence-electron chi connectivity index (χ1n) is 6.45. The van der Waals surface area contributed by atoms with Gasteiger partial charge in [-0.1, -0.05) is 11.6 Å². The maximum Gasteiger partial charge on any atom is 0.416 e. The quantitative estimate of drug-likeness (QED) is 0.663. The van der Waals surface area contributed by atoms with E-state index in [-0.39, 0.29) is 16.4 Å². The number of hydrogen-bond donors (Lipinski definition) is 1. The Hall–Kier alpha value is -2.62. The molecular weight excluding hydrogens is 353 g/mol. The molecule has 128 valence electrons. The third kappa shape index (κ3) is 3.82. The smallest absolute Gasteiger partial charge is 0.323 e. The number of anilines is 1. The predicted octanol–water partition coefficient (Wildman–Crippen LogP) is 3.66. The van der Waals surface area contributed by atoms with Crippen molar-refractivity contribution in [1.29, 1.82) is 0 Å². The van der Waals surface area contributed by atoms with Gasteiger partial charge in [-0.3, -0.25) is 19.6 Å². The molecule has 0 fully saturated rings. The van der Waals surface area contributed by atoms with Gasteiger partial charge in [-0.05, 0) is 25.1 Å². The summed E-state index contributed by atoms with van der Waals surface area (Å²) in [5, 5.41) is 16.5. The molecule has 0 aliphatic rings. The fourth-order valence-corrected chi connectivity index (χ4v) is 1.95. The first kappa shape index (κ1) is 17.7. The predicted molar refractivity (Wildman–Crippen MR) is 78.7 cm³/mol. The number of carbonyl (C=O) groups is 1. The Morgan fingerprint density at radius 2 is 2.12 bits per heavy atom. The van der Waals surface area contributed by atoms with Crippen molar-refractivity contribution in [1.82, 2.24) is 9.78 Å². The molecule has 0 aliphatic carbocycles. The molecule has 1 aromatic carbocycles. The Labute approximate surface area is 138 Å². The molecule has 1 heterocycles. The largest absolute Gasteiger partial charge is 0.416 e. The van der Waals surface area contributed by atoms with E-state index in [1.807, 2.05) is 0 Å². The van der Waals surface area contributed by atoms with Crippen LogP contribution in [0.25, 0.3) is 0 Å². The van der Waals surface area contributed by atoms with Gasteiger partial charge in [0.25, 0.3) is 0 Å². The van der Waals surface area contributed by atoms with Crippen molar-refractivity contribution in [2.75, 3.05) is 5.32 Å². The van der Waals surface area contributed by atoms with Crippen molar-refractivity contribution >= 4 is 28.9 Å². The lowest BCUT2D eigenvalue weighted by Crippen LogP contribution is -2.24. The van der Waals surface area contributed by atoms with Crippen LogP contribution in [0.4, 0.5) is 24.5 Å². The minimum absolute atomic E-state index is 0.0741. The Bertz CT molecular complexity index is 791. The molecule has 0 radical (unpaired) electrons. The Morgan fingerprint density at radius 3 is 2.67 bits per heavy atom. The first-order valence-corrected chi connectivity index (χ1v) is 6.83. The molecule has 0 saturated heterocycles. The average Bonchev–Trinajstić information content (AvgIpc) is 2.97. The van der Waals surface area contributed by atoms with Crippen molar-refractivity contribution < 1.29 is 22.9 Å². The molecule has 1 unspecified atom stereocenters. The molecule has 1 atom stereocenters. The molecule has 7 nitrogen and oxygen atoms in total. The normalized spacial score (nSPS) is 12.7. The summed E-state index contributed by atoms with van der Waals surface area (Å²) in [6.45, 7) is 1.38. The van der Waals surface area contributed by atoms with E-state index < -0.39 is 28.6 Å². The van der Waals surface area contributed by atoms with Crippen LogP contribution in [-0.4, -0.2) is 20.6 Å². The summed E-state index contributed by atoms with van der Waals surface area (Å²) >= 11 is 5.79. The van der Waals surface area contributed by atoms with Gasteiger partial charge in [-0.25, -0.2) is 0 Å². The van der Waals surface area contributed by atoms with Gasteiger partial charge >= 0.3 is 11.9 Å². The van der Waals surface area contributed by atoms with Gasteiger partial charge in [0.15, 0.2) is 0 Å². The standard InChI is InChI=1S/C13H10ClF3N4O3/c1-7(20-6-9(5-18-20)21(23)24)12(22)19-11-4-8(13(15,16)17)2-3-10(11)14/h2-7H,1H3,(H,19,22). The van der Waals surface area contributed by atoms with Gasteiger partial charge in [0.1, 0.15) is 18.4 Å². The number of nitrogens with one attached hydrogen (secondary N) is 1. The minimum Gasteiger partial charge on any atom is -0.323 e. The molecule has 1 aromatic heterocycles. The molecule has 2 rings (SSSR count). The number of carbonyl (C=O) groups excluding carboxylic acids is 1. The lowest BCUT2D eigenvalue weighted by Gasteiger charge is -2.15. The number of halogens is 4. The summed E-state index contributed by atoms with van der Waals surface area (Å²) in [5.74, 6) is -0.728. The van der Waals surface area contributed by atoms with Crippen molar-refractivity contribution in [3.63, 3.8) is 0 Å². The highest BCUT2D eigenvalue weighted by atomic mass is 35.5. The number of nitrogens with zero attached hydrogens (tertiary/aromatic N) is 3. The van der Waals surface area contributed by atoms with Crippen LogP contribution in [0, 0.1) is 10.1 Å². The maximum atomic E-state index is 12.7. The Kier molecular flexibility index (Phi) is 4.78. The molecule has 1 amide bonds. The average molecular weight is 363 g/mol. The zero-order valence-corrected chi connectivity index (χ0v) is 12.8.